The number of aromatic nitrogens is 2. The van der Waals surface area contributed by atoms with Crippen LogP contribution < -0.4 is 0 Å². The monoisotopic (exact) mass is 126 g/mol. The smallest absolute Gasteiger partial charge is 0.358 e. The lowest BCUT2D eigenvalue weighted by molar-refractivity contribution is -0.389. The van der Waals surface area contributed by atoms with Gasteiger partial charge in [-0.15, -0.1) is 0 Å². The molecule has 9 heavy (non-hydrogen) atoms. The molecule has 5 heteroatoms. The summed E-state index contributed by atoms with van der Waals surface area (Å²) in [6.45, 7) is 0. The van der Waals surface area contributed by atoms with E-state index in [2.05, 4.69) is 12.1 Å². The van der Waals surface area contributed by atoms with Crippen LogP contribution in [-0.4, -0.2) is 14.7 Å². The van der Waals surface area contributed by atoms with Gasteiger partial charge in [-0.3, -0.25) is 0 Å². The molecule has 0 amide bonds. The highest BCUT2D eigenvalue weighted by molar-refractivity contribution is 5.14. The molecule has 0 aliphatic carbocycles. The Morgan fingerprint density at radius 3 is 2.78 bits per heavy atom. The van der Waals surface area contributed by atoms with Crippen molar-refractivity contribution in [2.75, 3.05) is 0 Å². The lowest BCUT2D eigenvalue weighted by Gasteiger charge is -1.81. The third-order valence-corrected chi connectivity index (χ3v) is 0.814. The number of rotatable bonds is 1. The maximum Gasteiger partial charge on any atom is 0.389 e. The second kappa shape index (κ2) is 1.85. The van der Waals surface area contributed by atoms with Crippen LogP contribution in [0.5, 0.6) is 0 Å². The first-order chi connectivity index (χ1) is 4.20. The fraction of sp³-hybridized carbons (Fsp3) is 0. The van der Waals surface area contributed by atoms with E-state index < -0.39 is 4.92 Å². The highest BCUT2D eigenvalue weighted by Gasteiger charge is 2.06. The second-order valence-corrected chi connectivity index (χ2v) is 1.47. The van der Waals surface area contributed by atoms with Crippen LogP contribution in [-0.2, 0) is 0 Å². The Hall–Kier alpha value is -1.39. The van der Waals surface area contributed by atoms with Crippen LogP contribution >= 0.6 is 0 Å². The number of nitro groups is 1. The van der Waals surface area contributed by atoms with Crippen LogP contribution in [0.3, 0.4) is 0 Å². The Morgan fingerprint density at radius 2 is 2.56 bits per heavy atom. The van der Waals surface area contributed by atoms with Crippen molar-refractivity contribution < 1.29 is 4.92 Å². The zero-order chi connectivity index (χ0) is 6.85. The van der Waals surface area contributed by atoms with Gasteiger partial charge in [0.15, 0.2) is 0 Å². The Morgan fingerprint density at radius 1 is 1.89 bits per heavy atom. The number of hydrogen-bond acceptors (Lipinski definition) is 3. The maximum atomic E-state index is 9.92. The van der Waals surface area contributed by atoms with E-state index in [1.807, 2.05) is 0 Å². The summed E-state index contributed by atoms with van der Waals surface area (Å²) in [5.74, 6) is -0.176. The predicted molar refractivity (Wildman–Crippen MR) is 29.6 cm³/mol. The average Bonchev–Trinajstić information content (AvgIpc) is 2.14. The Labute approximate surface area is 51.1 Å². The summed E-state index contributed by atoms with van der Waals surface area (Å²) >= 11 is 0. The van der Waals surface area contributed by atoms with Crippen molar-refractivity contribution in [2.45, 2.75) is 0 Å². The molecule has 0 aliphatic heterocycles. The highest BCUT2D eigenvalue weighted by atomic mass is 16.6. The zero-order valence-corrected chi connectivity index (χ0v) is 4.52. The summed E-state index contributed by atoms with van der Waals surface area (Å²) in [5, 5.41) is 13.3. The largest absolute Gasteiger partial charge is 0.389 e. The van der Waals surface area contributed by atoms with E-state index in [9.17, 15) is 10.1 Å². The third kappa shape index (κ3) is 1.04. The molecule has 0 atom stereocenters. The standard InChI is InChI=1S/C4H4N3O2/c1-6-3-2-4(5-6)7(8)9/h2-3H,1H2. The highest BCUT2D eigenvalue weighted by Crippen LogP contribution is 2.02. The lowest BCUT2D eigenvalue weighted by Crippen LogP contribution is -1.90. The summed E-state index contributed by atoms with van der Waals surface area (Å²) in [6, 6.07) is 1.28. The summed E-state index contributed by atoms with van der Waals surface area (Å²) in [5.41, 5.74) is 0. The molecular formula is C4H4N3O2. The maximum absolute atomic E-state index is 9.92. The van der Waals surface area contributed by atoms with Gasteiger partial charge >= 0.3 is 5.82 Å². The van der Waals surface area contributed by atoms with Gasteiger partial charge in [0.25, 0.3) is 0 Å². The quantitative estimate of drug-likeness (QED) is 0.405. The van der Waals surface area contributed by atoms with Crippen LogP contribution in [0.4, 0.5) is 5.82 Å². The molecule has 5 nitrogen and oxygen atoms in total. The van der Waals surface area contributed by atoms with Crippen LogP contribution in [0.15, 0.2) is 12.3 Å². The molecule has 0 fully saturated rings. The zero-order valence-electron chi connectivity index (χ0n) is 4.52. The van der Waals surface area contributed by atoms with Crippen molar-refractivity contribution in [3.63, 3.8) is 0 Å². The summed E-state index contributed by atoms with van der Waals surface area (Å²) in [4.78, 5) is 9.35. The van der Waals surface area contributed by atoms with E-state index in [0.29, 0.717) is 0 Å². The minimum atomic E-state index is -0.568. The van der Waals surface area contributed by atoms with E-state index in [-0.39, 0.29) is 5.82 Å². The fourth-order valence-corrected chi connectivity index (χ4v) is 0.448. The Bertz CT molecular complexity index is 229. The van der Waals surface area contributed by atoms with Crippen molar-refractivity contribution in [3.8, 4) is 0 Å². The molecule has 0 aliphatic rings. The third-order valence-electron chi connectivity index (χ3n) is 0.814. The van der Waals surface area contributed by atoms with E-state index in [4.69, 9.17) is 0 Å². The lowest BCUT2D eigenvalue weighted by atomic mass is 10.7. The van der Waals surface area contributed by atoms with Crippen LogP contribution in [0.2, 0.25) is 0 Å². The van der Waals surface area contributed by atoms with Crippen molar-refractivity contribution >= 4 is 5.82 Å². The molecule has 1 heterocycles. The van der Waals surface area contributed by atoms with Gasteiger partial charge < -0.3 is 10.1 Å². The molecule has 1 radical (unpaired) electrons. The normalized spacial score (nSPS) is 9.44. The van der Waals surface area contributed by atoms with Gasteiger partial charge in [-0.25, -0.2) is 0 Å². The topological polar surface area (TPSA) is 61.0 Å². The van der Waals surface area contributed by atoms with E-state index in [1.165, 1.54) is 12.3 Å². The minimum absolute atomic E-state index is 0.176. The molecule has 0 saturated heterocycles. The van der Waals surface area contributed by atoms with Crippen molar-refractivity contribution in [2.24, 2.45) is 0 Å². The van der Waals surface area contributed by atoms with Crippen molar-refractivity contribution in [1.82, 2.24) is 9.78 Å². The first-order valence-corrected chi connectivity index (χ1v) is 2.21. The molecule has 0 spiro atoms. The summed E-state index contributed by atoms with van der Waals surface area (Å²) in [6.07, 6.45) is 1.41. The number of hydrogen-bond donors (Lipinski definition) is 0. The van der Waals surface area contributed by atoms with Gasteiger partial charge in [-0.1, -0.05) is 0 Å². The molecule has 0 bridgehead atoms. The molecule has 0 aromatic carbocycles. The van der Waals surface area contributed by atoms with Gasteiger partial charge in [0.1, 0.15) is 0 Å². The molecule has 47 valence electrons. The van der Waals surface area contributed by atoms with Crippen LogP contribution in [0, 0.1) is 17.2 Å². The van der Waals surface area contributed by atoms with E-state index >= 15 is 0 Å². The molecule has 0 saturated carbocycles. The molecule has 1 rings (SSSR count). The Kier molecular flexibility index (Phi) is 1.18. The second-order valence-electron chi connectivity index (χ2n) is 1.47. The van der Waals surface area contributed by atoms with E-state index in [0.717, 1.165) is 4.68 Å². The molecule has 1 aromatic rings. The first-order valence-electron chi connectivity index (χ1n) is 2.21. The summed E-state index contributed by atoms with van der Waals surface area (Å²) < 4.78 is 1.14. The molecule has 1 aromatic heterocycles. The molecule has 0 N–H and O–H groups in total. The van der Waals surface area contributed by atoms with Crippen molar-refractivity contribution in [3.05, 3.63) is 29.4 Å². The molecule has 0 unspecified atom stereocenters. The van der Waals surface area contributed by atoms with Crippen LogP contribution in [0.25, 0.3) is 0 Å². The van der Waals surface area contributed by atoms with Gasteiger partial charge in [-0.2, -0.15) is 4.68 Å². The van der Waals surface area contributed by atoms with Crippen molar-refractivity contribution in [1.29, 1.82) is 0 Å². The van der Waals surface area contributed by atoms with Gasteiger partial charge in [0, 0.05) is 0 Å². The Balaban J connectivity index is 2.98. The fourth-order valence-electron chi connectivity index (χ4n) is 0.448. The summed E-state index contributed by atoms with van der Waals surface area (Å²) in [7, 11) is 3.32. The van der Waals surface area contributed by atoms with Gasteiger partial charge in [0.05, 0.1) is 24.4 Å². The van der Waals surface area contributed by atoms with Crippen LogP contribution in [0.1, 0.15) is 0 Å². The van der Waals surface area contributed by atoms with E-state index in [1.54, 1.807) is 0 Å². The molecular weight excluding hydrogens is 122 g/mol. The van der Waals surface area contributed by atoms with Gasteiger partial charge in [-0.05, 0) is 4.92 Å². The predicted octanol–water partition coefficient (Wildman–Crippen LogP) is 0.431. The number of nitrogens with zero attached hydrogens (tertiary/aromatic N) is 3. The minimum Gasteiger partial charge on any atom is -0.358 e. The average molecular weight is 126 g/mol. The SMILES string of the molecule is [CH2]n1ccc([N+](=O)[O-])n1. The van der Waals surface area contributed by atoms with Gasteiger partial charge in [0.2, 0.25) is 0 Å². The first kappa shape index (κ1) is 5.74.